The second-order valence-corrected chi connectivity index (χ2v) is 9.24. The molecule has 0 aromatic carbocycles. The minimum atomic E-state index is -0.1000. The molecule has 0 bridgehead atoms. The maximum absolute atomic E-state index is 12.1. The first-order valence-electron chi connectivity index (χ1n) is 9.98. The number of isocyanates is 1. The van der Waals surface area contributed by atoms with Crippen LogP contribution in [-0.2, 0) is 9.53 Å². The molecule has 0 radical (unpaired) electrons. The average molecular weight is 366 g/mol. The Morgan fingerprint density at radius 1 is 1.19 bits per heavy atom. The SMILES string of the molecule is CC1(C)CC(N=C=O)CC(C)(CNC(=O)NCCCC2CCOCC2)C1. The quantitative estimate of drug-likeness (QED) is 0.412. The number of nitrogens with zero attached hydrogens (tertiary/aromatic N) is 1. The van der Waals surface area contributed by atoms with E-state index in [1.54, 1.807) is 6.08 Å². The fourth-order valence-electron chi connectivity index (χ4n) is 4.86. The summed E-state index contributed by atoms with van der Waals surface area (Å²) in [5, 5.41) is 5.99. The number of amides is 2. The number of ether oxygens (including phenoxy) is 1. The second kappa shape index (κ2) is 9.52. The van der Waals surface area contributed by atoms with Crippen LogP contribution in [0.2, 0.25) is 0 Å². The lowest BCUT2D eigenvalue weighted by atomic mass is 9.63. The first-order chi connectivity index (χ1) is 12.3. The van der Waals surface area contributed by atoms with Gasteiger partial charge in [0.2, 0.25) is 6.08 Å². The smallest absolute Gasteiger partial charge is 0.314 e. The predicted octanol–water partition coefficient (Wildman–Crippen LogP) is 3.41. The third-order valence-corrected chi connectivity index (χ3v) is 5.75. The van der Waals surface area contributed by atoms with Crippen molar-refractivity contribution < 1.29 is 14.3 Å². The number of nitrogens with one attached hydrogen (secondary N) is 2. The molecule has 26 heavy (non-hydrogen) atoms. The molecule has 0 spiro atoms. The topological polar surface area (TPSA) is 79.8 Å². The van der Waals surface area contributed by atoms with Crippen LogP contribution in [0.1, 0.15) is 65.7 Å². The Labute approximate surface area is 157 Å². The lowest BCUT2D eigenvalue weighted by molar-refractivity contribution is 0.0633. The van der Waals surface area contributed by atoms with Gasteiger partial charge in [-0.3, -0.25) is 0 Å². The Balaban J connectivity index is 1.68. The summed E-state index contributed by atoms with van der Waals surface area (Å²) < 4.78 is 5.37. The monoisotopic (exact) mass is 365 g/mol. The van der Waals surface area contributed by atoms with Crippen LogP contribution in [0.25, 0.3) is 0 Å². The molecular weight excluding hydrogens is 330 g/mol. The van der Waals surface area contributed by atoms with Gasteiger partial charge >= 0.3 is 6.03 Å². The zero-order valence-electron chi connectivity index (χ0n) is 16.6. The summed E-state index contributed by atoms with van der Waals surface area (Å²) in [6.07, 6.45) is 8.88. The first-order valence-corrected chi connectivity index (χ1v) is 9.98. The van der Waals surface area contributed by atoms with Gasteiger partial charge in [-0.05, 0) is 61.7 Å². The predicted molar refractivity (Wildman–Crippen MR) is 102 cm³/mol. The Kier molecular flexibility index (Phi) is 7.66. The molecule has 6 heteroatoms. The molecule has 6 nitrogen and oxygen atoms in total. The van der Waals surface area contributed by atoms with Crippen LogP contribution in [0.3, 0.4) is 0 Å². The number of aliphatic imine (C=N–C) groups is 1. The number of carbonyl (C=O) groups excluding carboxylic acids is 2. The first kappa shape index (κ1) is 20.9. The number of carbonyl (C=O) groups is 1. The molecule has 2 fully saturated rings. The fourth-order valence-corrected chi connectivity index (χ4v) is 4.86. The van der Waals surface area contributed by atoms with E-state index in [1.807, 2.05) is 0 Å². The molecule has 1 saturated heterocycles. The van der Waals surface area contributed by atoms with E-state index in [4.69, 9.17) is 4.74 Å². The van der Waals surface area contributed by atoms with Gasteiger partial charge < -0.3 is 15.4 Å². The molecule has 2 amide bonds. The normalized spacial score (nSPS) is 28.8. The third kappa shape index (κ3) is 7.08. The maximum atomic E-state index is 12.1. The van der Waals surface area contributed by atoms with Crippen molar-refractivity contribution in [2.75, 3.05) is 26.3 Å². The van der Waals surface area contributed by atoms with E-state index >= 15 is 0 Å². The zero-order valence-corrected chi connectivity index (χ0v) is 16.6. The van der Waals surface area contributed by atoms with Crippen LogP contribution in [-0.4, -0.2) is 44.5 Å². The third-order valence-electron chi connectivity index (χ3n) is 5.75. The van der Waals surface area contributed by atoms with Crippen LogP contribution in [0.4, 0.5) is 4.79 Å². The Hall–Kier alpha value is -1.39. The zero-order chi connectivity index (χ0) is 19.0. The molecule has 1 aliphatic heterocycles. The maximum Gasteiger partial charge on any atom is 0.314 e. The minimum Gasteiger partial charge on any atom is -0.381 e. The van der Waals surface area contributed by atoms with Crippen LogP contribution >= 0.6 is 0 Å². The van der Waals surface area contributed by atoms with Gasteiger partial charge in [-0.2, -0.15) is 0 Å². The van der Waals surface area contributed by atoms with Gasteiger partial charge in [0.15, 0.2) is 0 Å². The average Bonchev–Trinajstić information content (AvgIpc) is 2.56. The minimum absolute atomic E-state index is 0.00517. The van der Waals surface area contributed by atoms with E-state index in [0.29, 0.717) is 13.1 Å². The van der Waals surface area contributed by atoms with E-state index in [1.165, 1.54) is 0 Å². The van der Waals surface area contributed by atoms with E-state index in [9.17, 15) is 9.59 Å². The van der Waals surface area contributed by atoms with Gasteiger partial charge in [0, 0.05) is 26.3 Å². The molecule has 1 heterocycles. The summed E-state index contributed by atoms with van der Waals surface area (Å²) >= 11 is 0. The summed E-state index contributed by atoms with van der Waals surface area (Å²) in [4.78, 5) is 26.7. The van der Waals surface area contributed by atoms with Crippen molar-refractivity contribution in [2.45, 2.75) is 71.8 Å². The molecule has 0 aromatic heterocycles. The Morgan fingerprint density at radius 3 is 2.62 bits per heavy atom. The molecule has 148 valence electrons. The molecule has 2 N–H and O–H groups in total. The van der Waals surface area contributed by atoms with Crippen molar-refractivity contribution in [1.82, 2.24) is 10.6 Å². The summed E-state index contributed by atoms with van der Waals surface area (Å²) in [7, 11) is 0. The van der Waals surface area contributed by atoms with E-state index < -0.39 is 0 Å². The second-order valence-electron chi connectivity index (χ2n) is 9.24. The largest absolute Gasteiger partial charge is 0.381 e. The molecule has 1 aliphatic carbocycles. The van der Waals surface area contributed by atoms with Crippen molar-refractivity contribution in [1.29, 1.82) is 0 Å². The van der Waals surface area contributed by atoms with Crippen molar-refractivity contribution in [3.63, 3.8) is 0 Å². The van der Waals surface area contributed by atoms with Crippen molar-refractivity contribution in [3.8, 4) is 0 Å². The van der Waals surface area contributed by atoms with Crippen molar-refractivity contribution in [3.05, 3.63) is 0 Å². The number of hydrogen-bond acceptors (Lipinski definition) is 4. The standard InChI is InChI=1S/C20H35N3O3/c1-19(2)11-17(23-15-24)12-20(3,13-19)14-22-18(25)21-8-4-5-16-6-9-26-10-7-16/h16-17H,4-14H2,1-3H3,(H2,21,22,25). The van der Waals surface area contributed by atoms with Gasteiger partial charge in [0.05, 0.1) is 6.04 Å². The summed E-state index contributed by atoms with van der Waals surface area (Å²) in [5.41, 5.74) is 0.0616. The van der Waals surface area contributed by atoms with Crippen LogP contribution in [0, 0.1) is 16.7 Å². The Morgan fingerprint density at radius 2 is 1.92 bits per heavy atom. The summed E-state index contributed by atoms with van der Waals surface area (Å²) in [6.45, 7) is 9.65. The van der Waals surface area contributed by atoms with Crippen LogP contribution in [0.15, 0.2) is 4.99 Å². The van der Waals surface area contributed by atoms with Crippen LogP contribution in [0.5, 0.6) is 0 Å². The van der Waals surface area contributed by atoms with Crippen molar-refractivity contribution in [2.24, 2.45) is 21.7 Å². The highest BCUT2D eigenvalue weighted by Crippen LogP contribution is 2.46. The highest BCUT2D eigenvalue weighted by molar-refractivity contribution is 5.73. The van der Waals surface area contributed by atoms with E-state index in [-0.39, 0.29) is 22.9 Å². The molecule has 1 saturated carbocycles. The van der Waals surface area contributed by atoms with Gasteiger partial charge in [-0.25, -0.2) is 14.6 Å². The Bertz CT molecular complexity index is 510. The number of rotatable bonds is 7. The molecule has 2 rings (SSSR count). The molecule has 0 aromatic rings. The summed E-state index contributed by atoms with van der Waals surface area (Å²) in [6, 6.07) is -0.0948. The van der Waals surface area contributed by atoms with Gasteiger partial charge in [-0.1, -0.05) is 20.8 Å². The molecule has 2 aliphatic rings. The lowest BCUT2D eigenvalue weighted by Gasteiger charge is -2.45. The number of hydrogen-bond donors (Lipinski definition) is 2. The number of urea groups is 1. The molecular formula is C20H35N3O3. The molecule has 2 atom stereocenters. The lowest BCUT2D eigenvalue weighted by Crippen LogP contribution is -2.47. The molecule has 2 unspecified atom stereocenters. The highest BCUT2D eigenvalue weighted by atomic mass is 16.5. The van der Waals surface area contributed by atoms with E-state index in [2.05, 4.69) is 36.4 Å². The van der Waals surface area contributed by atoms with Gasteiger partial charge in [0.25, 0.3) is 0 Å². The van der Waals surface area contributed by atoms with Gasteiger partial charge in [-0.15, -0.1) is 0 Å². The van der Waals surface area contributed by atoms with Crippen molar-refractivity contribution >= 4 is 12.1 Å². The van der Waals surface area contributed by atoms with Crippen LogP contribution < -0.4 is 10.6 Å². The summed E-state index contributed by atoms with van der Waals surface area (Å²) in [5.74, 6) is 0.743. The highest BCUT2D eigenvalue weighted by Gasteiger charge is 2.41. The van der Waals surface area contributed by atoms with E-state index in [0.717, 1.165) is 64.1 Å². The van der Waals surface area contributed by atoms with Gasteiger partial charge in [0.1, 0.15) is 0 Å². The fraction of sp³-hybridized carbons (Fsp3) is 0.900.